The van der Waals surface area contributed by atoms with Gasteiger partial charge >= 0.3 is 0 Å². The molecule has 0 saturated heterocycles. The van der Waals surface area contributed by atoms with Crippen molar-refractivity contribution in [3.63, 3.8) is 0 Å². The van der Waals surface area contributed by atoms with E-state index < -0.39 is 5.60 Å². The van der Waals surface area contributed by atoms with Crippen molar-refractivity contribution in [2.24, 2.45) is 0 Å². The molecule has 0 aliphatic rings. The SMILES string of the molecule is CC(C)(O)CN(Cc1ccccc1)Cc1nnnn1-c1ccccc1. The van der Waals surface area contributed by atoms with Gasteiger partial charge in [-0.25, -0.2) is 0 Å². The Labute approximate surface area is 147 Å². The first-order chi connectivity index (χ1) is 12.0. The van der Waals surface area contributed by atoms with Crippen molar-refractivity contribution in [1.82, 2.24) is 25.1 Å². The standard InChI is InChI=1S/C19H23N5O/c1-19(2,25)15-23(13-16-9-5-3-6-10-16)14-18-20-21-22-24(18)17-11-7-4-8-12-17/h3-12,25H,13-15H2,1-2H3. The minimum atomic E-state index is -0.806. The number of aliphatic hydroxyl groups is 1. The molecule has 0 saturated carbocycles. The van der Waals surface area contributed by atoms with Crippen LogP contribution in [0.1, 0.15) is 25.2 Å². The number of aromatic nitrogens is 4. The van der Waals surface area contributed by atoms with Crippen molar-refractivity contribution >= 4 is 0 Å². The topological polar surface area (TPSA) is 67.1 Å². The van der Waals surface area contributed by atoms with Crippen LogP contribution in [0, 0.1) is 0 Å². The molecular weight excluding hydrogens is 314 g/mol. The first-order valence-corrected chi connectivity index (χ1v) is 8.33. The van der Waals surface area contributed by atoms with Crippen LogP contribution in [0.2, 0.25) is 0 Å². The molecule has 3 aromatic rings. The van der Waals surface area contributed by atoms with E-state index in [0.29, 0.717) is 19.6 Å². The van der Waals surface area contributed by atoms with Crippen LogP contribution in [-0.2, 0) is 13.1 Å². The minimum Gasteiger partial charge on any atom is -0.389 e. The highest BCUT2D eigenvalue weighted by molar-refractivity contribution is 5.30. The van der Waals surface area contributed by atoms with Crippen LogP contribution in [0.4, 0.5) is 0 Å². The van der Waals surface area contributed by atoms with Crippen LogP contribution in [0.15, 0.2) is 60.7 Å². The second-order valence-electron chi connectivity index (χ2n) is 6.79. The summed E-state index contributed by atoms with van der Waals surface area (Å²) in [5, 5.41) is 22.4. The van der Waals surface area contributed by atoms with Gasteiger partial charge in [0.2, 0.25) is 0 Å². The summed E-state index contributed by atoms with van der Waals surface area (Å²) in [5.41, 5.74) is 1.30. The molecule has 1 aromatic heterocycles. The highest BCUT2D eigenvalue weighted by Crippen LogP contribution is 2.15. The molecule has 25 heavy (non-hydrogen) atoms. The molecule has 0 atom stereocenters. The number of tetrazole rings is 1. The number of nitrogens with zero attached hydrogens (tertiary/aromatic N) is 5. The molecule has 1 N–H and O–H groups in total. The Morgan fingerprint density at radius 2 is 1.60 bits per heavy atom. The second kappa shape index (κ2) is 7.55. The van der Waals surface area contributed by atoms with Gasteiger partial charge in [-0.15, -0.1) is 5.10 Å². The largest absolute Gasteiger partial charge is 0.389 e. The quantitative estimate of drug-likeness (QED) is 0.717. The van der Waals surface area contributed by atoms with Crippen LogP contribution >= 0.6 is 0 Å². The van der Waals surface area contributed by atoms with Gasteiger partial charge in [-0.2, -0.15) is 4.68 Å². The molecule has 0 amide bonds. The van der Waals surface area contributed by atoms with Crippen LogP contribution in [-0.4, -0.2) is 42.4 Å². The summed E-state index contributed by atoms with van der Waals surface area (Å²) in [5.74, 6) is 0.742. The Balaban J connectivity index is 1.82. The first kappa shape index (κ1) is 17.3. The van der Waals surface area contributed by atoms with E-state index >= 15 is 0 Å². The van der Waals surface area contributed by atoms with Gasteiger partial charge in [0.15, 0.2) is 5.82 Å². The molecule has 0 aliphatic heterocycles. The van der Waals surface area contributed by atoms with Crippen LogP contribution in [0.5, 0.6) is 0 Å². The van der Waals surface area contributed by atoms with Gasteiger partial charge in [-0.1, -0.05) is 48.5 Å². The lowest BCUT2D eigenvalue weighted by atomic mass is 10.1. The fourth-order valence-corrected chi connectivity index (χ4v) is 2.83. The van der Waals surface area contributed by atoms with E-state index in [1.54, 1.807) is 4.68 Å². The molecule has 1 heterocycles. The molecule has 2 aromatic carbocycles. The van der Waals surface area contributed by atoms with Gasteiger partial charge in [0, 0.05) is 13.1 Å². The summed E-state index contributed by atoms with van der Waals surface area (Å²) < 4.78 is 1.74. The number of hydrogen-bond donors (Lipinski definition) is 1. The van der Waals surface area contributed by atoms with Crippen molar-refractivity contribution in [3.05, 3.63) is 72.1 Å². The van der Waals surface area contributed by atoms with Crippen molar-refractivity contribution in [2.75, 3.05) is 6.54 Å². The Kier molecular flexibility index (Phi) is 5.21. The zero-order chi connectivity index (χ0) is 17.7. The summed E-state index contributed by atoms with van der Waals surface area (Å²) in [6.07, 6.45) is 0. The lowest BCUT2D eigenvalue weighted by Crippen LogP contribution is -2.38. The highest BCUT2D eigenvalue weighted by atomic mass is 16.3. The van der Waals surface area contributed by atoms with E-state index in [1.165, 1.54) is 5.56 Å². The fourth-order valence-electron chi connectivity index (χ4n) is 2.83. The smallest absolute Gasteiger partial charge is 0.170 e. The third-order valence-corrected chi connectivity index (χ3v) is 3.76. The monoisotopic (exact) mass is 337 g/mol. The van der Waals surface area contributed by atoms with E-state index in [9.17, 15) is 5.11 Å². The average Bonchev–Trinajstić information content (AvgIpc) is 3.03. The molecule has 0 aliphatic carbocycles. The Morgan fingerprint density at radius 1 is 0.960 bits per heavy atom. The molecule has 0 radical (unpaired) electrons. The Hall–Kier alpha value is -2.57. The third kappa shape index (κ3) is 4.95. The Morgan fingerprint density at radius 3 is 2.24 bits per heavy atom. The van der Waals surface area contributed by atoms with Gasteiger partial charge in [0.05, 0.1) is 17.8 Å². The Bertz CT molecular complexity index is 780. The normalized spacial score (nSPS) is 11.8. The predicted octanol–water partition coefficient (Wildman–Crippen LogP) is 2.44. The molecule has 0 fully saturated rings. The van der Waals surface area contributed by atoms with Crippen molar-refractivity contribution in [3.8, 4) is 5.69 Å². The van der Waals surface area contributed by atoms with Gasteiger partial charge in [-0.05, 0) is 42.0 Å². The summed E-state index contributed by atoms with van der Waals surface area (Å²) in [6.45, 7) is 5.40. The zero-order valence-corrected chi connectivity index (χ0v) is 14.6. The van der Waals surface area contributed by atoms with E-state index in [0.717, 1.165) is 11.5 Å². The van der Waals surface area contributed by atoms with E-state index in [2.05, 4.69) is 32.6 Å². The first-order valence-electron chi connectivity index (χ1n) is 8.33. The maximum absolute atomic E-state index is 10.3. The molecule has 3 rings (SSSR count). The molecule has 6 nitrogen and oxygen atoms in total. The number of para-hydroxylation sites is 1. The van der Waals surface area contributed by atoms with Crippen LogP contribution in [0.25, 0.3) is 5.69 Å². The maximum atomic E-state index is 10.3. The van der Waals surface area contributed by atoms with Gasteiger partial charge < -0.3 is 5.11 Å². The third-order valence-electron chi connectivity index (χ3n) is 3.76. The number of benzene rings is 2. The second-order valence-corrected chi connectivity index (χ2v) is 6.79. The van der Waals surface area contributed by atoms with Gasteiger partial charge in [-0.3, -0.25) is 4.90 Å². The summed E-state index contributed by atoms with van der Waals surface area (Å²) in [4.78, 5) is 2.15. The van der Waals surface area contributed by atoms with Crippen LogP contribution < -0.4 is 0 Å². The van der Waals surface area contributed by atoms with Crippen molar-refractivity contribution in [1.29, 1.82) is 0 Å². The zero-order valence-electron chi connectivity index (χ0n) is 14.6. The highest BCUT2D eigenvalue weighted by Gasteiger charge is 2.21. The lowest BCUT2D eigenvalue weighted by Gasteiger charge is -2.28. The summed E-state index contributed by atoms with van der Waals surface area (Å²) in [7, 11) is 0. The van der Waals surface area contributed by atoms with E-state index in [4.69, 9.17) is 0 Å². The molecule has 0 spiro atoms. The van der Waals surface area contributed by atoms with E-state index in [-0.39, 0.29) is 0 Å². The van der Waals surface area contributed by atoms with Crippen molar-refractivity contribution < 1.29 is 5.11 Å². The van der Waals surface area contributed by atoms with E-state index in [1.807, 2.05) is 62.4 Å². The number of hydrogen-bond acceptors (Lipinski definition) is 5. The van der Waals surface area contributed by atoms with Crippen LogP contribution in [0.3, 0.4) is 0 Å². The maximum Gasteiger partial charge on any atom is 0.170 e. The summed E-state index contributed by atoms with van der Waals surface area (Å²) >= 11 is 0. The number of rotatable bonds is 7. The molecular formula is C19H23N5O. The predicted molar refractivity (Wildman–Crippen MR) is 96.0 cm³/mol. The molecule has 0 bridgehead atoms. The van der Waals surface area contributed by atoms with Gasteiger partial charge in [0.1, 0.15) is 0 Å². The van der Waals surface area contributed by atoms with Crippen molar-refractivity contribution in [2.45, 2.75) is 32.5 Å². The summed E-state index contributed by atoms with van der Waals surface area (Å²) in [6, 6.07) is 20.0. The van der Waals surface area contributed by atoms with Gasteiger partial charge in [0.25, 0.3) is 0 Å². The average molecular weight is 337 g/mol. The lowest BCUT2D eigenvalue weighted by molar-refractivity contribution is 0.0296. The fraction of sp³-hybridized carbons (Fsp3) is 0.316. The molecule has 6 heteroatoms. The minimum absolute atomic E-state index is 0.517. The molecule has 130 valence electrons. The molecule has 0 unspecified atom stereocenters.